The van der Waals surface area contributed by atoms with Crippen LogP contribution >= 0.6 is 0 Å². The molecule has 0 saturated heterocycles. The first-order valence-electron chi connectivity index (χ1n) is 13.9. The van der Waals surface area contributed by atoms with Crippen LogP contribution in [0.2, 0.25) is 0 Å². The minimum Gasteiger partial charge on any atom is -1.00 e. The number of benzene rings is 2. The number of halogens is 2. The minimum absolute atomic E-state index is 0. The molecule has 0 radical (unpaired) electrons. The third-order valence-corrected chi connectivity index (χ3v) is 17.4. The molecule has 1 saturated carbocycles. The van der Waals surface area contributed by atoms with Gasteiger partial charge in [0.2, 0.25) is 0 Å². The van der Waals surface area contributed by atoms with E-state index in [1.807, 2.05) is 6.49 Å². The molecule has 5 rings (SSSR count). The molecule has 0 nitrogen and oxygen atoms in total. The van der Waals surface area contributed by atoms with Gasteiger partial charge in [-0.05, 0) is 0 Å². The molecule has 0 amide bonds. The second-order valence-corrected chi connectivity index (χ2v) is 20.3. The van der Waals surface area contributed by atoms with E-state index in [2.05, 4.69) is 103 Å². The van der Waals surface area contributed by atoms with E-state index in [0.717, 1.165) is 5.92 Å². The van der Waals surface area contributed by atoms with Gasteiger partial charge in [-0.3, -0.25) is 0 Å². The van der Waals surface area contributed by atoms with Gasteiger partial charge in [-0.25, -0.2) is 0 Å². The van der Waals surface area contributed by atoms with E-state index in [0.29, 0.717) is 3.63 Å². The van der Waals surface area contributed by atoms with Crippen molar-refractivity contribution < 1.29 is 46.1 Å². The smallest absolute Gasteiger partial charge is 1.00 e. The molecule has 0 heterocycles. The fourth-order valence-corrected chi connectivity index (χ4v) is 15.9. The van der Waals surface area contributed by atoms with Crippen LogP contribution in [0.25, 0.3) is 11.1 Å². The van der Waals surface area contributed by atoms with Crippen LogP contribution < -0.4 is 24.8 Å². The molecule has 2 aromatic rings. The fourth-order valence-electron chi connectivity index (χ4n) is 6.57. The van der Waals surface area contributed by atoms with Gasteiger partial charge in [0.25, 0.3) is 0 Å². The summed E-state index contributed by atoms with van der Waals surface area (Å²) in [6.45, 7) is 16.8. The summed E-state index contributed by atoms with van der Waals surface area (Å²) in [5, 5.41) is 0. The summed E-state index contributed by atoms with van der Waals surface area (Å²) in [7, 11) is 0. The number of allylic oxidation sites excluding steroid dienone is 4. The van der Waals surface area contributed by atoms with Crippen LogP contribution in [0.15, 0.2) is 57.9 Å². The molecule has 37 heavy (non-hydrogen) atoms. The maximum Gasteiger partial charge on any atom is -1.00 e. The van der Waals surface area contributed by atoms with Crippen LogP contribution in [0, 0.1) is 5.92 Å². The van der Waals surface area contributed by atoms with Gasteiger partial charge < -0.3 is 24.8 Å². The van der Waals surface area contributed by atoms with E-state index in [4.69, 9.17) is 0 Å². The molecule has 0 bridgehead atoms. The van der Waals surface area contributed by atoms with Crippen molar-refractivity contribution in [2.75, 3.05) is 0 Å². The standard InChI is InChI=1S/C21H25.C8H14.C5H5.2ClH.Zr/c1-20(2,3)16-7-9-18-14(12-16)11-15-13-17(21(4,5)6)8-10-19(15)18;1-2-8-6-4-3-5-7-8;1-2-4-5-3-1;;;/h7-13H,1-6H3;8H,3-7H2,1H3;1-3H,4H2;2*1H;/q;;;;;+2/p-2. The Hall–Kier alpha value is -0.747. The Morgan fingerprint density at radius 2 is 1.27 bits per heavy atom. The first kappa shape index (κ1) is 30.8. The van der Waals surface area contributed by atoms with Crippen LogP contribution in [0.5, 0.6) is 0 Å². The van der Waals surface area contributed by atoms with E-state index >= 15 is 0 Å². The van der Waals surface area contributed by atoms with Gasteiger partial charge in [-0.2, -0.15) is 0 Å². The number of fused-ring (bicyclic) bond motifs is 3. The molecule has 0 atom stereocenters. The zero-order valence-electron chi connectivity index (χ0n) is 23.8. The van der Waals surface area contributed by atoms with Crippen LogP contribution in [0.4, 0.5) is 0 Å². The molecule has 0 N–H and O–H groups in total. The quantitative estimate of drug-likeness (QED) is 0.496. The molecule has 0 aliphatic heterocycles. The van der Waals surface area contributed by atoms with E-state index in [1.54, 1.807) is 11.1 Å². The summed E-state index contributed by atoms with van der Waals surface area (Å²) >= 11 is -2.20. The van der Waals surface area contributed by atoms with E-state index in [9.17, 15) is 0 Å². The number of hydrogen-bond donors (Lipinski definition) is 0. The third-order valence-electron chi connectivity index (χ3n) is 8.80. The maximum atomic E-state index is 2.62. The fraction of sp³-hybridized carbons (Fsp3) is 0.500. The summed E-state index contributed by atoms with van der Waals surface area (Å²) < 4.78 is 4.37. The second-order valence-electron chi connectivity index (χ2n) is 13.3. The Kier molecular flexibility index (Phi) is 9.80. The molecule has 198 valence electrons. The Bertz CT molecular complexity index is 1160. The first-order valence-corrected chi connectivity index (χ1v) is 17.8. The van der Waals surface area contributed by atoms with Crippen molar-refractivity contribution >= 4 is 3.21 Å². The molecule has 3 heteroatoms. The topological polar surface area (TPSA) is 0 Å². The van der Waals surface area contributed by atoms with Crippen LogP contribution in [-0.4, -0.2) is 3.21 Å². The summed E-state index contributed by atoms with van der Waals surface area (Å²) in [4.78, 5) is 0. The van der Waals surface area contributed by atoms with Gasteiger partial charge in [0, 0.05) is 0 Å². The van der Waals surface area contributed by atoms with Gasteiger partial charge >= 0.3 is 223 Å². The van der Waals surface area contributed by atoms with Crippen molar-refractivity contribution in [3.05, 3.63) is 80.2 Å². The molecular weight excluding hydrogens is 571 g/mol. The van der Waals surface area contributed by atoms with Crippen LogP contribution in [0.1, 0.15) is 113 Å². The summed E-state index contributed by atoms with van der Waals surface area (Å²) in [6.07, 6.45) is 15.6. The Labute approximate surface area is 246 Å². The molecule has 3 aliphatic rings. The van der Waals surface area contributed by atoms with Gasteiger partial charge in [-0.1, -0.05) is 0 Å². The van der Waals surface area contributed by atoms with E-state index in [-0.39, 0.29) is 35.6 Å². The maximum absolute atomic E-state index is 2.62. The molecular formula is C34H44Cl2Zr. The Morgan fingerprint density at radius 1 is 0.757 bits per heavy atom. The van der Waals surface area contributed by atoms with Crippen LogP contribution in [0.3, 0.4) is 0 Å². The Morgan fingerprint density at radius 3 is 1.70 bits per heavy atom. The van der Waals surface area contributed by atoms with Gasteiger partial charge in [-0.15, -0.1) is 0 Å². The van der Waals surface area contributed by atoms with Crippen molar-refractivity contribution in [3.8, 4) is 11.1 Å². The molecule has 0 aromatic heterocycles. The SMILES string of the molecule is C/[C](C1CCCCC1)=[Zr+2](/[C]1=CC=CC1)[CH]1c2cc(C(C)(C)C)ccc2-c2ccc(C(C)(C)C)cc21.[Cl-].[Cl-]. The van der Waals surface area contributed by atoms with Crippen molar-refractivity contribution in [1.29, 1.82) is 0 Å². The van der Waals surface area contributed by atoms with Crippen molar-refractivity contribution in [1.82, 2.24) is 0 Å². The summed E-state index contributed by atoms with van der Waals surface area (Å²) in [6, 6.07) is 15.0. The molecule has 2 aromatic carbocycles. The predicted molar refractivity (Wildman–Crippen MR) is 150 cm³/mol. The van der Waals surface area contributed by atoms with E-state index in [1.165, 1.54) is 60.8 Å². The molecule has 3 aliphatic carbocycles. The monoisotopic (exact) mass is 612 g/mol. The normalized spacial score (nSPS) is 17.9. The van der Waals surface area contributed by atoms with Crippen molar-refractivity contribution in [3.63, 3.8) is 0 Å². The predicted octanol–water partition coefficient (Wildman–Crippen LogP) is 3.59. The minimum atomic E-state index is -2.20. The first-order chi connectivity index (χ1) is 16.6. The average molecular weight is 615 g/mol. The molecule has 1 fully saturated rings. The second kappa shape index (κ2) is 11.8. The summed E-state index contributed by atoms with van der Waals surface area (Å²) in [5.41, 5.74) is 9.64. The number of rotatable bonds is 3. The van der Waals surface area contributed by atoms with Gasteiger partial charge in [0.15, 0.2) is 0 Å². The zero-order chi connectivity index (χ0) is 25.0. The van der Waals surface area contributed by atoms with Gasteiger partial charge in [0.05, 0.1) is 0 Å². The molecule has 0 spiro atoms. The largest absolute Gasteiger partial charge is 1.00 e. The summed E-state index contributed by atoms with van der Waals surface area (Å²) in [5.74, 6) is 0.851. The van der Waals surface area contributed by atoms with E-state index < -0.39 is 21.3 Å². The molecule has 0 unspecified atom stereocenters. The zero-order valence-corrected chi connectivity index (χ0v) is 27.8. The van der Waals surface area contributed by atoms with Crippen LogP contribution in [-0.2, 0) is 32.1 Å². The van der Waals surface area contributed by atoms with Gasteiger partial charge in [0.1, 0.15) is 0 Å². The number of hydrogen-bond acceptors (Lipinski definition) is 0. The average Bonchev–Trinajstić information content (AvgIpc) is 3.45. The van der Waals surface area contributed by atoms with Crippen molar-refractivity contribution in [2.45, 2.75) is 101 Å². The van der Waals surface area contributed by atoms with Crippen molar-refractivity contribution in [2.24, 2.45) is 5.92 Å². The Balaban J connectivity index is 0.00000190. The third kappa shape index (κ3) is 6.05.